The summed E-state index contributed by atoms with van der Waals surface area (Å²) in [5.74, 6) is -3.03. The topological polar surface area (TPSA) is 192 Å². The minimum Gasteiger partial charge on any atom is -0.480 e. The van der Waals surface area contributed by atoms with Gasteiger partial charge in [0.1, 0.15) is 24.2 Å². The molecule has 0 radical (unpaired) electrons. The lowest BCUT2D eigenvalue weighted by molar-refractivity contribution is -0.152. The Kier molecular flexibility index (Phi) is 11.6. The first-order valence-electron chi connectivity index (χ1n) is 15.1. The number of carboxylic acids is 1. The Morgan fingerprint density at radius 3 is 2.07 bits per heavy atom. The Bertz CT molecular complexity index is 1060. The summed E-state index contributed by atoms with van der Waals surface area (Å²) in [5.41, 5.74) is -0.770. The van der Waals surface area contributed by atoms with Gasteiger partial charge >= 0.3 is 18.2 Å². The molecular weight excluding hydrogens is 562 g/mol. The van der Waals surface area contributed by atoms with Gasteiger partial charge in [-0.3, -0.25) is 14.4 Å². The number of aliphatic carboxylic acids is 1. The summed E-state index contributed by atoms with van der Waals surface area (Å²) in [5, 5.41) is 20.4. The second-order valence-electron chi connectivity index (χ2n) is 12.9. The van der Waals surface area contributed by atoms with Gasteiger partial charge in [-0.1, -0.05) is 46.5 Å². The molecule has 0 bridgehead atoms. The number of alkyl carbamates (subject to hydrolysis) is 2. The Morgan fingerprint density at radius 2 is 1.49 bits per heavy atom. The van der Waals surface area contributed by atoms with Crippen LogP contribution in [0, 0.1) is 23.2 Å². The van der Waals surface area contributed by atoms with E-state index in [2.05, 4.69) is 30.7 Å². The standard InChI is InChI=1S/C29H47N5O9/c1-29(2,3)22(25(37)34-15-17-12-9-13-18(17)21(34)26(38)39)33-24(36)20(16-10-7-6-8-11-16)32-23(35)19(31-28(41)43-5)14-30-27(40)42-4/h16-22H,6-15H2,1-5H3,(H,30,40)(H,31,41)(H,32,35)(H,33,36)(H,38,39)/t17?,18-,19?,20-,21-,22?/m0/s1. The predicted octanol–water partition coefficient (Wildman–Crippen LogP) is 1.37. The molecule has 0 spiro atoms. The van der Waals surface area contributed by atoms with Gasteiger partial charge in [0.05, 0.1) is 20.8 Å². The molecule has 0 aromatic carbocycles. The summed E-state index contributed by atoms with van der Waals surface area (Å²) >= 11 is 0. The highest BCUT2D eigenvalue weighted by atomic mass is 16.5. The first kappa shape index (κ1) is 33.9. The third-order valence-electron chi connectivity index (χ3n) is 8.96. The van der Waals surface area contributed by atoms with Crippen molar-refractivity contribution in [2.75, 3.05) is 27.3 Å². The van der Waals surface area contributed by atoms with Crippen LogP contribution in [0.4, 0.5) is 9.59 Å². The summed E-state index contributed by atoms with van der Waals surface area (Å²) in [4.78, 5) is 78.6. The zero-order chi connectivity index (χ0) is 31.9. The third-order valence-corrected chi connectivity index (χ3v) is 8.96. The molecule has 1 saturated heterocycles. The molecule has 1 heterocycles. The van der Waals surface area contributed by atoms with Crippen molar-refractivity contribution in [2.24, 2.45) is 23.2 Å². The molecule has 2 saturated carbocycles. The van der Waals surface area contributed by atoms with Gasteiger partial charge in [0.2, 0.25) is 17.7 Å². The van der Waals surface area contributed by atoms with Gasteiger partial charge in [0, 0.05) is 6.54 Å². The molecule has 0 aromatic rings. The number of hydrogen-bond donors (Lipinski definition) is 5. The highest BCUT2D eigenvalue weighted by Gasteiger charge is 2.52. The van der Waals surface area contributed by atoms with Crippen molar-refractivity contribution in [3.05, 3.63) is 0 Å². The zero-order valence-electron chi connectivity index (χ0n) is 25.8. The van der Waals surface area contributed by atoms with Crippen LogP contribution in [0.1, 0.15) is 72.1 Å². The van der Waals surface area contributed by atoms with Gasteiger partial charge < -0.3 is 40.7 Å². The normalized spacial score (nSPS) is 24.1. The quantitative estimate of drug-likeness (QED) is 0.243. The molecule has 3 aliphatic rings. The Balaban J connectivity index is 1.84. The third kappa shape index (κ3) is 8.50. The maximum absolute atomic E-state index is 14.0. The number of ether oxygens (including phenoxy) is 2. The number of likely N-dealkylation sites (tertiary alicyclic amines) is 1. The molecular formula is C29H47N5O9. The highest BCUT2D eigenvalue weighted by Crippen LogP contribution is 2.43. The molecule has 14 nitrogen and oxygen atoms in total. The van der Waals surface area contributed by atoms with Crippen LogP contribution in [0.3, 0.4) is 0 Å². The molecule has 5 N–H and O–H groups in total. The molecule has 3 fully saturated rings. The van der Waals surface area contributed by atoms with Crippen LogP contribution in [0.15, 0.2) is 0 Å². The van der Waals surface area contributed by atoms with Crippen molar-refractivity contribution in [1.29, 1.82) is 0 Å². The van der Waals surface area contributed by atoms with E-state index < -0.39 is 65.5 Å². The SMILES string of the molecule is COC(=O)NCC(NC(=O)OC)C(=O)N[C@H](C(=O)NC(C(=O)N1CC2CCC[C@@H]2[C@H]1C(=O)O)C(C)(C)C)C1CCCCC1. The minimum atomic E-state index is -1.29. The van der Waals surface area contributed by atoms with Crippen molar-refractivity contribution in [1.82, 2.24) is 26.2 Å². The summed E-state index contributed by atoms with van der Waals surface area (Å²) in [7, 11) is 2.28. The molecule has 1 aliphatic heterocycles. The number of carboxylic acid groups (broad SMARTS) is 1. The van der Waals surface area contributed by atoms with Gasteiger partial charge in [-0.05, 0) is 48.9 Å². The van der Waals surface area contributed by atoms with Gasteiger partial charge in [-0.25, -0.2) is 14.4 Å². The zero-order valence-corrected chi connectivity index (χ0v) is 25.8. The molecule has 242 valence electrons. The van der Waals surface area contributed by atoms with Gasteiger partial charge in [0.15, 0.2) is 0 Å². The maximum atomic E-state index is 14.0. The Labute approximate surface area is 252 Å². The minimum absolute atomic E-state index is 0.107. The van der Waals surface area contributed by atoms with Crippen LogP contribution in [0.25, 0.3) is 0 Å². The van der Waals surface area contributed by atoms with Crippen LogP contribution in [-0.2, 0) is 28.7 Å². The van der Waals surface area contributed by atoms with E-state index in [1.54, 1.807) is 20.8 Å². The fraction of sp³-hybridized carbons (Fsp3) is 0.793. The number of carbonyl (C=O) groups excluding carboxylic acids is 5. The lowest BCUT2D eigenvalue weighted by Crippen LogP contribution is -2.63. The second-order valence-corrected chi connectivity index (χ2v) is 12.9. The number of fused-ring (bicyclic) bond motifs is 1. The van der Waals surface area contributed by atoms with E-state index in [9.17, 15) is 33.9 Å². The lowest BCUT2D eigenvalue weighted by Gasteiger charge is -2.38. The van der Waals surface area contributed by atoms with E-state index in [1.165, 1.54) is 4.90 Å². The number of nitrogens with zero attached hydrogens (tertiary/aromatic N) is 1. The largest absolute Gasteiger partial charge is 0.480 e. The van der Waals surface area contributed by atoms with E-state index in [4.69, 9.17) is 0 Å². The first-order valence-corrected chi connectivity index (χ1v) is 15.1. The molecule has 3 rings (SSSR count). The first-order chi connectivity index (χ1) is 20.3. The molecule has 0 aromatic heterocycles. The fourth-order valence-electron chi connectivity index (χ4n) is 6.68. The number of carbonyl (C=O) groups is 6. The van der Waals surface area contributed by atoms with Gasteiger partial charge in [-0.2, -0.15) is 0 Å². The lowest BCUT2D eigenvalue weighted by atomic mass is 9.82. The van der Waals surface area contributed by atoms with Crippen molar-refractivity contribution < 1.29 is 43.3 Å². The summed E-state index contributed by atoms with van der Waals surface area (Å²) in [6.45, 7) is 5.39. The number of hydrogen-bond acceptors (Lipinski definition) is 8. The highest BCUT2D eigenvalue weighted by molar-refractivity contribution is 5.95. The average molecular weight is 610 g/mol. The molecule has 5 amide bonds. The molecule has 3 unspecified atom stereocenters. The van der Waals surface area contributed by atoms with Crippen molar-refractivity contribution in [2.45, 2.75) is 96.3 Å². The fourth-order valence-corrected chi connectivity index (χ4v) is 6.68. The second kappa shape index (κ2) is 14.7. The van der Waals surface area contributed by atoms with E-state index in [0.29, 0.717) is 19.4 Å². The number of rotatable bonds is 10. The van der Waals surface area contributed by atoms with Crippen LogP contribution in [0.2, 0.25) is 0 Å². The van der Waals surface area contributed by atoms with Crippen molar-refractivity contribution in [3.63, 3.8) is 0 Å². The summed E-state index contributed by atoms with van der Waals surface area (Å²) < 4.78 is 9.16. The Morgan fingerprint density at radius 1 is 0.837 bits per heavy atom. The number of methoxy groups -OCH3 is 2. The molecule has 2 aliphatic carbocycles. The van der Waals surface area contributed by atoms with E-state index in [0.717, 1.165) is 52.7 Å². The molecule has 43 heavy (non-hydrogen) atoms. The Hall–Kier alpha value is -3.58. The van der Waals surface area contributed by atoms with E-state index in [-0.39, 0.29) is 24.3 Å². The smallest absolute Gasteiger partial charge is 0.407 e. The van der Waals surface area contributed by atoms with Crippen molar-refractivity contribution in [3.8, 4) is 0 Å². The number of amides is 5. The summed E-state index contributed by atoms with van der Waals surface area (Å²) in [6.07, 6.45) is 4.86. The average Bonchev–Trinajstić information content (AvgIpc) is 3.57. The maximum Gasteiger partial charge on any atom is 0.407 e. The number of nitrogens with one attached hydrogen (secondary N) is 4. The van der Waals surface area contributed by atoms with Crippen LogP contribution < -0.4 is 21.3 Å². The van der Waals surface area contributed by atoms with E-state index >= 15 is 0 Å². The van der Waals surface area contributed by atoms with Crippen LogP contribution in [0.5, 0.6) is 0 Å². The summed E-state index contributed by atoms with van der Waals surface area (Å²) in [6, 6.07) is -4.32. The van der Waals surface area contributed by atoms with Gasteiger partial charge in [-0.15, -0.1) is 0 Å². The van der Waals surface area contributed by atoms with Crippen molar-refractivity contribution >= 4 is 35.9 Å². The monoisotopic (exact) mass is 609 g/mol. The predicted molar refractivity (Wildman–Crippen MR) is 154 cm³/mol. The van der Waals surface area contributed by atoms with Gasteiger partial charge in [0.25, 0.3) is 0 Å². The van der Waals surface area contributed by atoms with Crippen LogP contribution >= 0.6 is 0 Å². The van der Waals surface area contributed by atoms with E-state index in [1.807, 2.05) is 0 Å². The van der Waals surface area contributed by atoms with Crippen LogP contribution in [-0.4, -0.2) is 97.4 Å². The molecule has 14 heteroatoms. The molecule has 6 atom stereocenters.